The average Bonchev–Trinajstić information content (AvgIpc) is 3.07. The molecule has 1 aliphatic carbocycles. The van der Waals surface area contributed by atoms with Crippen LogP contribution in [-0.2, 0) is 9.59 Å². The molecule has 2 saturated heterocycles. The number of hydrogen-bond acceptors (Lipinski definition) is 3. The first-order chi connectivity index (χ1) is 9.66. The molecule has 2 amide bonds. The Kier molecular flexibility index (Phi) is 5.49. The van der Waals surface area contributed by atoms with Crippen molar-refractivity contribution in [2.45, 2.75) is 51.1 Å². The van der Waals surface area contributed by atoms with E-state index in [1.54, 1.807) is 0 Å². The number of carbonyl (C=O) groups is 2. The van der Waals surface area contributed by atoms with Crippen molar-refractivity contribution in [1.29, 1.82) is 0 Å². The van der Waals surface area contributed by atoms with Crippen LogP contribution >= 0.6 is 12.4 Å². The van der Waals surface area contributed by atoms with Gasteiger partial charge < -0.3 is 15.1 Å². The van der Waals surface area contributed by atoms with E-state index in [0.29, 0.717) is 19.0 Å². The molecule has 0 bridgehead atoms. The Morgan fingerprint density at radius 2 is 2.00 bits per heavy atom. The molecule has 21 heavy (non-hydrogen) atoms. The molecule has 0 spiro atoms. The van der Waals surface area contributed by atoms with E-state index in [-0.39, 0.29) is 36.2 Å². The van der Waals surface area contributed by atoms with Crippen molar-refractivity contribution in [3.05, 3.63) is 0 Å². The molecule has 0 radical (unpaired) electrons. The summed E-state index contributed by atoms with van der Waals surface area (Å²) in [6.45, 7) is 5.23. The van der Waals surface area contributed by atoms with Gasteiger partial charge in [-0.25, -0.2) is 0 Å². The Balaban J connectivity index is 0.00000161. The zero-order valence-corrected chi connectivity index (χ0v) is 13.5. The lowest BCUT2D eigenvalue weighted by Gasteiger charge is -2.35. The third-order valence-electron chi connectivity index (χ3n) is 5.06. The first kappa shape index (κ1) is 16.6. The lowest BCUT2D eigenvalue weighted by molar-refractivity contribution is -0.138. The molecule has 120 valence electrons. The summed E-state index contributed by atoms with van der Waals surface area (Å²) >= 11 is 0. The lowest BCUT2D eigenvalue weighted by Crippen LogP contribution is -2.54. The van der Waals surface area contributed by atoms with E-state index >= 15 is 0 Å². The predicted octanol–water partition coefficient (Wildman–Crippen LogP) is 1.02. The van der Waals surface area contributed by atoms with E-state index in [0.717, 1.165) is 32.5 Å². The highest BCUT2D eigenvalue weighted by molar-refractivity contribution is 5.89. The van der Waals surface area contributed by atoms with Gasteiger partial charge in [0.05, 0.1) is 5.92 Å². The number of nitrogens with one attached hydrogen (secondary N) is 1. The van der Waals surface area contributed by atoms with Gasteiger partial charge in [-0.05, 0) is 19.8 Å². The quantitative estimate of drug-likeness (QED) is 0.828. The summed E-state index contributed by atoms with van der Waals surface area (Å²) in [7, 11) is 0. The molecule has 5 nitrogen and oxygen atoms in total. The molecular formula is C15H26ClN3O2. The molecule has 0 aromatic rings. The zero-order chi connectivity index (χ0) is 14.1. The lowest BCUT2D eigenvalue weighted by atomic mass is 10.0. The second kappa shape index (κ2) is 6.97. The van der Waals surface area contributed by atoms with Crippen molar-refractivity contribution in [3.63, 3.8) is 0 Å². The highest BCUT2D eigenvalue weighted by Crippen LogP contribution is 2.30. The van der Waals surface area contributed by atoms with E-state index < -0.39 is 0 Å². The average molecular weight is 316 g/mol. The van der Waals surface area contributed by atoms with E-state index in [1.807, 2.05) is 9.80 Å². The molecule has 3 rings (SSSR count). The molecule has 2 aliphatic heterocycles. The molecule has 2 atom stereocenters. The molecule has 6 heteroatoms. The van der Waals surface area contributed by atoms with Gasteiger partial charge in [-0.1, -0.05) is 12.8 Å². The largest absolute Gasteiger partial charge is 0.339 e. The standard InChI is InChI=1S/C15H25N3O2.ClH/c1-11-9-16-6-7-17(11)15(20)12-8-14(19)18(10-12)13-4-2-3-5-13;/h11-13,16H,2-10H2,1H3;1H. The Morgan fingerprint density at radius 1 is 1.29 bits per heavy atom. The summed E-state index contributed by atoms with van der Waals surface area (Å²) in [6, 6.07) is 0.646. The number of piperazine rings is 1. The minimum atomic E-state index is -0.108. The second-order valence-electron chi connectivity index (χ2n) is 6.47. The Hall–Kier alpha value is -0.810. The molecule has 2 heterocycles. The number of rotatable bonds is 2. The highest BCUT2D eigenvalue weighted by atomic mass is 35.5. The van der Waals surface area contributed by atoms with Crippen molar-refractivity contribution in [3.8, 4) is 0 Å². The van der Waals surface area contributed by atoms with E-state index in [9.17, 15) is 9.59 Å². The van der Waals surface area contributed by atoms with Crippen LogP contribution in [0.4, 0.5) is 0 Å². The first-order valence-electron chi connectivity index (χ1n) is 7.97. The number of halogens is 1. The van der Waals surface area contributed by atoms with Crippen LogP contribution in [-0.4, -0.2) is 59.9 Å². The van der Waals surface area contributed by atoms with Crippen LogP contribution in [0.3, 0.4) is 0 Å². The van der Waals surface area contributed by atoms with Crippen LogP contribution in [0.25, 0.3) is 0 Å². The minimum absolute atomic E-state index is 0. The fourth-order valence-electron chi connectivity index (χ4n) is 3.87. The van der Waals surface area contributed by atoms with Crippen LogP contribution < -0.4 is 5.32 Å². The minimum Gasteiger partial charge on any atom is -0.339 e. The monoisotopic (exact) mass is 315 g/mol. The van der Waals surface area contributed by atoms with Crippen molar-refractivity contribution in [2.75, 3.05) is 26.2 Å². The molecule has 3 aliphatic rings. The summed E-state index contributed by atoms with van der Waals surface area (Å²) in [4.78, 5) is 28.8. The van der Waals surface area contributed by atoms with Crippen LogP contribution in [0, 0.1) is 5.92 Å². The SMILES string of the molecule is CC1CNCCN1C(=O)C1CC(=O)N(C2CCCC2)C1.Cl. The molecule has 3 fully saturated rings. The van der Waals surface area contributed by atoms with Crippen LogP contribution in [0.15, 0.2) is 0 Å². The smallest absolute Gasteiger partial charge is 0.228 e. The van der Waals surface area contributed by atoms with E-state index in [4.69, 9.17) is 0 Å². The number of nitrogens with zero attached hydrogens (tertiary/aromatic N) is 2. The third-order valence-corrected chi connectivity index (χ3v) is 5.06. The molecule has 0 aromatic carbocycles. The summed E-state index contributed by atoms with van der Waals surface area (Å²) in [6.07, 6.45) is 5.11. The molecular weight excluding hydrogens is 290 g/mol. The van der Waals surface area contributed by atoms with Crippen LogP contribution in [0.5, 0.6) is 0 Å². The number of hydrogen-bond donors (Lipinski definition) is 1. The van der Waals surface area contributed by atoms with Crippen LogP contribution in [0.2, 0.25) is 0 Å². The normalized spacial score (nSPS) is 30.6. The Bertz CT molecular complexity index is 398. The highest BCUT2D eigenvalue weighted by Gasteiger charge is 2.41. The van der Waals surface area contributed by atoms with Gasteiger partial charge >= 0.3 is 0 Å². The maximum absolute atomic E-state index is 12.6. The number of amides is 2. The fourth-order valence-corrected chi connectivity index (χ4v) is 3.87. The van der Waals surface area contributed by atoms with Crippen molar-refractivity contribution in [1.82, 2.24) is 15.1 Å². The molecule has 1 N–H and O–H groups in total. The Morgan fingerprint density at radius 3 is 2.67 bits per heavy atom. The summed E-state index contributed by atoms with van der Waals surface area (Å²) in [5.41, 5.74) is 0. The van der Waals surface area contributed by atoms with E-state index in [2.05, 4.69) is 12.2 Å². The second-order valence-corrected chi connectivity index (χ2v) is 6.47. The fraction of sp³-hybridized carbons (Fsp3) is 0.867. The van der Waals surface area contributed by atoms with Gasteiger partial charge in [-0.15, -0.1) is 12.4 Å². The summed E-state index contributed by atoms with van der Waals surface area (Å²) < 4.78 is 0. The van der Waals surface area contributed by atoms with Crippen molar-refractivity contribution in [2.24, 2.45) is 5.92 Å². The van der Waals surface area contributed by atoms with Gasteiger partial charge in [0.15, 0.2) is 0 Å². The first-order valence-corrected chi connectivity index (χ1v) is 7.97. The van der Waals surface area contributed by atoms with Gasteiger partial charge in [-0.2, -0.15) is 0 Å². The molecule has 0 aromatic heterocycles. The third kappa shape index (κ3) is 3.34. The van der Waals surface area contributed by atoms with Crippen molar-refractivity contribution >= 4 is 24.2 Å². The maximum atomic E-state index is 12.6. The molecule has 1 saturated carbocycles. The van der Waals surface area contributed by atoms with Gasteiger partial charge in [0.2, 0.25) is 11.8 Å². The predicted molar refractivity (Wildman–Crippen MR) is 83.4 cm³/mol. The van der Waals surface area contributed by atoms with Gasteiger partial charge in [0.1, 0.15) is 0 Å². The van der Waals surface area contributed by atoms with Gasteiger partial charge in [-0.3, -0.25) is 9.59 Å². The number of carbonyl (C=O) groups excluding carboxylic acids is 2. The maximum Gasteiger partial charge on any atom is 0.228 e. The number of likely N-dealkylation sites (tertiary alicyclic amines) is 1. The Labute approximate surface area is 132 Å². The topological polar surface area (TPSA) is 52.7 Å². The molecule has 2 unspecified atom stereocenters. The van der Waals surface area contributed by atoms with Crippen LogP contribution in [0.1, 0.15) is 39.0 Å². The van der Waals surface area contributed by atoms with Crippen molar-refractivity contribution < 1.29 is 9.59 Å². The van der Waals surface area contributed by atoms with E-state index in [1.165, 1.54) is 12.8 Å². The zero-order valence-electron chi connectivity index (χ0n) is 12.7. The summed E-state index contributed by atoms with van der Waals surface area (Å²) in [5.74, 6) is 0.273. The summed E-state index contributed by atoms with van der Waals surface area (Å²) in [5, 5.41) is 3.30. The van der Waals surface area contributed by atoms with Gasteiger partial charge in [0.25, 0.3) is 0 Å². The van der Waals surface area contributed by atoms with Gasteiger partial charge in [0, 0.05) is 44.7 Å².